The second-order valence-corrected chi connectivity index (χ2v) is 5.74. The maximum atomic E-state index is 12.2. The molecule has 1 aromatic rings. The molecular formula is C15H20O. The van der Waals surface area contributed by atoms with E-state index in [9.17, 15) is 4.79 Å². The molecule has 0 heterocycles. The van der Waals surface area contributed by atoms with Crippen LogP contribution >= 0.6 is 0 Å². The molecule has 0 N–H and O–H groups in total. The predicted molar refractivity (Wildman–Crippen MR) is 66.5 cm³/mol. The zero-order chi connectivity index (χ0) is 11.9. The van der Waals surface area contributed by atoms with Crippen LogP contribution in [0.3, 0.4) is 0 Å². The van der Waals surface area contributed by atoms with Crippen molar-refractivity contribution in [3.8, 4) is 0 Å². The van der Waals surface area contributed by atoms with Crippen LogP contribution in [-0.4, -0.2) is 5.78 Å². The van der Waals surface area contributed by atoms with Crippen molar-refractivity contribution in [2.24, 2.45) is 11.8 Å². The van der Waals surface area contributed by atoms with E-state index in [0.717, 1.165) is 0 Å². The van der Waals surface area contributed by atoms with Crippen LogP contribution in [0.5, 0.6) is 0 Å². The fourth-order valence-electron chi connectivity index (χ4n) is 3.38. The van der Waals surface area contributed by atoms with E-state index in [4.69, 9.17) is 0 Å². The van der Waals surface area contributed by atoms with Crippen molar-refractivity contribution in [2.75, 3.05) is 0 Å². The highest BCUT2D eigenvalue weighted by Crippen LogP contribution is 2.42. The second kappa shape index (κ2) is 3.73. The molecule has 86 valence electrons. The van der Waals surface area contributed by atoms with Crippen LogP contribution in [-0.2, 0) is 16.6 Å². The molecule has 1 aliphatic rings. The molecule has 0 bridgehead atoms. The highest BCUT2D eigenvalue weighted by atomic mass is 16.1. The van der Waals surface area contributed by atoms with Gasteiger partial charge in [0.15, 0.2) is 0 Å². The molecule has 0 fully saturated rings. The Bertz CT molecular complexity index is 415. The van der Waals surface area contributed by atoms with Gasteiger partial charge < -0.3 is 0 Å². The molecule has 16 heavy (non-hydrogen) atoms. The van der Waals surface area contributed by atoms with E-state index in [0.29, 0.717) is 18.1 Å². The molecule has 0 amide bonds. The highest BCUT2D eigenvalue weighted by Gasteiger charge is 2.42. The molecule has 1 unspecified atom stereocenters. The normalized spacial score (nSPS) is 23.3. The van der Waals surface area contributed by atoms with Gasteiger partial charge in [0.25, 0.3) is 0 Å². The number of ketones is 1. The summed E-state index contributed by atoms with van der Waals surface area (Å²) >= 11 is 0. The fraction of sp³-hybridized carbons (Fsp3) is 0.533. The largest absolute Gasteiger partial charge is 0.299 e. The molecule has 0 aliphatic heterocycles. The fourth-order valence-corrected chi connectivity index (χ4v) is 3.38. The minimum absolute atomic E-state index is 0.0277. The number of fused-ring (bicyclic) bond motifs is 1. The zero-order valence-corrected chi connectivity index (χ0v) is 10.6. The van der Waals surface area contributed by atoms with Gasteiger partial charge in [0.05, 0.1) is 0 Å². The molecule has 1 aromatic carbocycles. The van der Waals surface area contributed by atoms with E-state index in [1.54, 1.807) is 0 Å². The van der Waals surface area contributed by atoms with Crippen molar-refractivity contribution in [1.29, 1.82) is 0 Å². The Balaban J connectivity index is 2.55. The van der Waals surface area contributed by atoms with Crippen LogP contribution in [0.2, 0.25) is 0 Å². The summed E-state index contributed by atoms with van der Waals surface area (Å²) in [5.41, 5.74) is 2.54. The first-order chi connectivity index (χ1) is 7.44. The molecule has 0 saturated heterocycles. The molecule has 1 heteroatoms. The van der Waals surface area contributed by atoms with Crippen molar-refractivity contribution in [2.45, 2.75) is 39.5 Å². The molecule has 2 rings (SSSR count). The van der Waals surface area contributed by atoms with Gasteiger partial charge in [-0.2, -0.15) is 0 Å². The Morgan fingerprint density at radius 3 is 2.50 bits per heavy atom. The summed E-state index contributed by atoms with van der Waals surface area (Å²) in [6.45, 7) is 8.71. The number of carbonyl (C=O) groups excluding carboxylic acids is 1. The Labute approximate surface area is 97.9 Å². The van der Waals surface area contributed by atoms with Gasteiger partial charge in [0.1, 0.15) is 5.78 Å². The maximum absolute atomic E-state index is 12.2. The van der Waals surface area contributed by atoms with Crippen LogP contribution in [0, 0.1) is 11.8 Å². The monoisotopic (exact) mass is 216 g/mol. The van der Waals surface area contributed by atoms with E-state index in [1.807, 2.05) is 6.07 Å². The number of benzene rings is 1. The predicted octanol–water partition coefficient (Wildman–Crippen LogP) is 3.36. The molecule has 0 saturated carbocycles. The highest BCUT2D eigenvalue weighted by molar-refractivity contribution is 5.87. The van der Waals surface area contributed by atoms with Gasteiger partial charge in [-0.3, -0.25) is 4.79 Å². The lowest BCUT2D eigenvalue weighted by Crippen LogP contribution is -2.43. The van der Waals surface area contributed by atoms with E-state index >= 15 is 0 Å². The first-order valence-electron chi connectivity index (χ1n) is 6.05. The second-order valence-electron chi connectivity index (χ2n) is 5.74. The van der Waals surface area contributed by atoms with Crippen molar-refractivity contribution < 1.29 is 4.79 Å². The summed E-state index contributed by atoms with van der Waals surface area (Å²) in [7, 11) is 0. The molecule has 0 radical (unpaired) electrons. The van der Waals surface area contributed by atoms with E-state index in [-0.39, 0.29) is 11.3 Å². The smallest absolute Gasteiger partial charge is 0.141 e. The van der Waals surface area contributed by atoms with E-state index in [2.05, 4.69) is 45.9 Å². The number of hydrogen-bond acceptors (Lipinski definition) is 1. The van der Waals surface area contributed by atoms with Crippen molar-refractivity contribution in [3.05, 3.63) is 35.4 Å². The van der Waals surface area contributed by atoms with Crippen LogP contribution in [0.1, 0.15) is 38.8 Å². The number of rotatable bonds is 1. The van der Waals surface area contributed by atoms with Gasteiger partial charge in [0, 0.05) is 12.3 Å². The first kappa shape index (κ1) is 11.4. The lowest BCUT2D eigenvalue weighted by atomic mass is 9.61. The van der Waals surface area contributed by atoms with Gasteiger partial charge in [-0.25, -0.2) is 0 Å². The zero-order valence-electron chi connectivity index (χ0n) is 10.6. The molecule has 1 nitrogen and oxygen atoms in total. The maximum Gasteiger partial charge on any atom is 0.141 e. The minimum atomic E-state index is -0.0277. The van der Waals surface area contributed by atoms with Gasteiger partial charge in [-0.1, -0.05) is 52.0 Å². The summed E-state index contributed by atoms with van der Waals surface area (Å²) in [5.74, 6) is 0.969. The van der Waals surface area contributed by atoms with Crippen LogP contribution in [0.15, 0.2) is 24.3 Å². The van der Waals surface area contributed by atoms with Gasteiger partial charge >= 0.3 is 0 Å². The van der Waals surface area contributed by atoms with Crippen molar-refractivity contribution >= 4 is 5.78 Å². The number of carbonyl (C=O) groups is 1. The van der Waals surface area contributed by atoms with Crippen LogP contribution in [0.4, 0.5) is 0 Å². The van der Waals surface area contributed by atoms with E-state index < -0.39 is 0 Å². The Hall–Kier alpha value is -1.11. The Morgan fingerprint density at radius 1 is 1.25 bits per heavy atom. The van der Waals surface area contributed by atoms with Gasteiger partial charge in [-0.05, 0) is 22.5 Å². The third kappa shape index (κ3) is 1.59. The van der Waals surface area contributed by atoms with E-state index in [1.165, 1.54) is 11.1 Å². The van der Waals surface area contributed by atoms with Crippen LogP contribution < -0.4 is 0 Å². The van der Waals surface area contributed by atoms with Crippen molar-refractivity contribution in [1.82, 2.24) is 0 Å². The van der Waals surface area contributed by atoms with Crippen molar-refractivity contribution in [3.63, 3.8) is 0 Å². The first-order valence-corrected chi connectivity index (χ1v) is 6.05. The number of hydrogen-bond donors (Lipinski definition) is 0. The third-order valence-corrected chi connectivity index (χ3v) is 3.87. The molecule has 0 aromatic heterocycles. The molecule has 1 aliphatic carbocycles. The average molecular weight is 216 g/mol. The third-order valence-electron chi connectivity index (χ3n) is 3.87. The average Bonchev–Trinajstić information content (AvgIpc) is 2.15. The lowest BCUT2D eigenvalue weighted by Gasteiger charge is -2.41. The summed E-state index contributed by atoms with van der Waals surface area (Å²) in [4.78, 5) is 12.2. The standard InChI is InChI=1S/C15H20O/c1-10(2)14-13(16)9-11-7-5-6-8-12(11)15(14,3)4/h5-8,10,14H,9H2,1-4H3. The lowest BCUT2D eigenvalue weighted by molar-refractivity contribution is -0.126. The molecule has 0 spiro atoms. The quantitative estimate of drug-likeness (QED) is 0.703. The Morgan fingerprint density at radius 2 is 1.88 bits per heavy atom. The van der Waals surface area contributed by atoms with Gasteiger partial charge in [0.2, 0.25) is 0 Å². The SMILES string of the molecule is CC(C)C1C(=O)Cc2ccccc2C1(C)C. The number of Topliss-reactive ketones (excluding diaryl/α,β-unsaturated/α-hetero) is 1. The molecular weight excluding hydrogens is 196 g/mol. The summed E-state index contributed by atoms with van der Waals surface area (Å²) in [5, 5.41) is 0. The Kier molecular flexibility index (Phi) is 2.65. The molecule has 1 atom stereocenters. The van der Waals surface area contributed by atoms with Gasteiger partial charge in [-0.15, -0.1) is 0 Å². The minimum Gasteiger partial charge on any atom is -0.299 e. The topological polar surface area (TPSA) is 17.1 Å². The summed E-state index contributed by atoms with van der Waals surface area (Å²) in [6, 6.07) is 8.37. The van der Waals surface area contributed by atoms with Crippen LogP contribution in [0.25, 0.3) is 0 Å². The summed E-state index contributed by atoms with van der Waals surface area (Å²) in [6.07, 6.45) is 0.614. The summed E-state index contributed by atoms with van der Waals surface area (Å²) < 4.78 is 0.